The van der Waals surface area contributed by atoms with Gasteiger partial charge in [-0.05, 0) is 68.5 Å². The lowest BCUT2D eigenvalue weighted by atomic mass is 9.87. The molecule has 0 amide bonds. The summed E-state index contributed by atoms with van der Waals surface area (Å²) in [6.45, 7) is 7.03. The van der Waals surface area contributed by atoms with Gasteiger partial charge in [-0.3, -0.25) is 0 Å². The fourth-order valence-corrected chi connectivity index (χ4v) is 3.20. The zero-order valence-corrected chi connectivity index (χ0v) is 12.6. The van der Waals surface area contributed by atoms with Crippen molar-refractivity contribution in [3.63, 3.8) is 0 Å². The lowest BCUT2D eigenvalue weighted by Crippen LogP contribution is -2.40. The minimum atomic E-state index is 0.722. The van der Waals surface area contributed by atoms with E-state index < -0.39 is 0 Å². The van der Waals surface area contributed by atoms with Gasteiger partial charge in [-0.15, -0.1) is 0 Å². The molecule has 106 valence electrons. The summed E-state index contributed by atoms with van der Waals surface area (Å²) < 4.78 is 5.36. The van der Waals surface area contributed by atoms with E-state index in [0.29, 0.717) is 0 Å². The first-order chi connectivity index (χ1) is 9.28. The van der Waals surface area contributed by atoms with Crippen molar-refractivity contribution in [1.82, 2.24) is 4.90 Å². The van der Waals surface area contributed by atoms with Gasteiger partial charge in [-0.1, -0.05) is 19.9 Å². The molecule has 0 unspecified atom stereocenters. The van der Waals surface area contributed by atoms with Crippen LogP contribution in [0.25, 0.3) is 0 Å². The number of fused-ring (bicyclic) bond motifs is 1. The van der Waals surface area contributed by atoms with Gasteiger partial charge in [0.1, 0.15) is 5.75 Å². The molecule has 1 atom stereocenters. The minimum absolute atomic E-state index is 0.722. The molecule has 1 aliphatic rings. The zero-order chi connectivity index (χ0) is 13.7. The van der Waals surface area contributed by atoms with Gasteiger partial charge < -0.3 is 9.64 Å². The summed E-state index contributed by atoms with van der Waals surface area (Å²) in [5.41, 5.74) is 3.01. The smallest absolute Gasteiger partial charge is 0.119 e. The Morgan fingerprint density at radius 1 is 1.16 bits per heavy atom. The maximum Gasteiger partial charge on any atom is 0.119 e. The fraction of sp³-hybridized carbons (Fsp3) is 0.647. The van der Waals surface area contributed by atoms with E-state index in [1.165, 1.54) is 56.3 Å². The average molecular weight is 261 g/mol. The van der Waals surface area contributed by atoms with Crippen molar-refractivity contribution in [3.8, 4) is 5.75 Å². The second-order valence-electron chi connectivity index (χ2n) is 5.57. The Labute approximate surface area is 117 Å². The van der Waals surface area contributed by atoms with Crippen molar-refractivity contribution >= 4 is 0 Å². The standard InChI is InChI=1S/C17H27NO/c1-4-10-18(11-5-2)16-8-6-14-7-9-17(19-3)13-15(14)12-16/h7,9,13,16H,4-6,8,10-12H2,1-3H3/t16-/m1/s1. The summed E-state index contributed by atoms with van der Waals surface area (Å²) in [4.78, 5) is 2.68. The highest BCUT2D eigenvalue weighted by Crippen LogP contribution is 2.28. The molecule has 1 aromatic rings. The first kappa shape index (κ1) is 14.4. The Hall–Kier alpha value is -1.02. The molecule has 0 spiro atoms. The molecule has 0 radical (unpaired) electrons. The van der Waals surface area contributed by atoms with Crippen LogP contribution >= 0.6 is 0 Å². The summed E-state index contributed by atoms with van der Waals surface area (Å²) in [6, 6.07) is 7.29. The molecular formula is C17H27NO. The highest BCUT2D eigenvalue weighted by Gasteiger charge is 2.23. The molecule has 0 heterocycles. The monoisotopic (exact) mass is 261 g/mol. The summed E-state index contributed by atoms with van der Waals surface area (Å²) in [5, 5.41) is 0. The van der Waals surface area contributed by atoms with Crippen LogP contribution in [0.5, 0.6) is 5.75 Å². The number of rotatable bonds is 6. The molecule has 0 N–H and O–H groups in total. The number of methoxy groups -OCH3 is 1. The number of hydrogen-bond donors (Lipinski definition) is 0. The van der Waals surface area contributed by atoms with E-state index in [1.807, 2.05) is 0 Å². The highest BCUT2D eigenvalue weighted by atomic mass is 16.5. The van der Waals surface area contributed by atoms with Crippen molar-refractivity contribution in [1.29, 1.82) is 0 Å². The van der Waals surface area contributed by atoms with Crippen molar-refractivity contribution in [2.45, 2.75) is 52.0 Å². The SMILES string of the molecule is CCCN(CCC)[C@@H]1CCc2ccc(OC)cc2C1. The molecule has 0 fully saturated rings. The molecule has 0 aromatic heterocycles. The van der Waals surface area contributed by atoms with E-state index in [0.717, 1.165) is 11.8 Å². The maximum absolute atomic E-state index is 5.36. The van der Waals surface area contributed by atoms with Crippen LogP contribution in [-0.4, -0.2) is 31.1 Å². The molecule has 2 rings (SSSR count). The predicted octanol–water partition coefficient (Wildman–Crippen LogP) is 3.67. The third-order valence-corrected chi connectivity index (χ3v) is 4.15. The van der Waals surface area contributed by atoms with E-state index in [-0.39, 0.29) is 0 Å². The van der Waals surface area contributed by atoms with E-state index in [2.05, 4.69) is 36.9 Å². The van der Waals surface area contributed by atoms with Gasteiger partial charge in [0.2, 0.25) is 0 Å². The van der Waals surface area contributed by atoms with Gasteiger partial charge in [0.25, 0.3) is 0 Å². The van der Waals surface area contributed by atoms with Crippen LogP contribution in [-0.2, 0) is 12.8 Å². The third-order valence-electron chi connectivity index (χ3n) is 4.15. The van der Waals surface area contributed by atoms with Gasteiger partial charge in [0, 0.05) is 6.04 Å². The number of hydrogen-bond acceptors (Lipinski definition) is 2. The first-order valence-electron chi connectivity index (χ1n) is 7.68. The van der Waals surface area contributed by atoms with E-state index in [1.54, 1.807) is 7.11 Å². The molecular weight excluding hydrogens is 234 g/mol. The van der Waals surface area contributed by atoms with Crippen LogP contribution in [0.1, 0.15) is 44.2 Å². The molecule has 0 bridgehead atoms. The second kappa shape index (κ2) is 6.95. The lowest BCUT2D eigenvalue weighted by molar-refractivity contribution is 0.180. The Balaban J connectivity index is 2.10. The van der Waals surface area contributed by atoms with Gasteiger partial charge >= 0.3 is 0 Å². The quantitative estimate of drug-likeness (QED) is 0.774. The van der Waals surface area contributed by atoms with Gasteiger partial charge in [-0.25, -0.2) is 0 Å². The Bertz CT molecular complexity index is 396. The predicted molar refractivity (Wildman–Crippen MR) is 81.0 cm³/mol. The Kier molecular flexibility index (Phi) is 5.26. The summed E-state index contributed by atoms with van der Waals surface area (Å²) in [6.07, 6.45) is 6.21. The van der Waals surface area contributed by atoms with Crippen LogP contribution in [0.2, 0.25) is 0 Å². The molecule has 0 aliphatic heterocycles. The second-order valence-corrected chi connectivity index (χ2v) is 5.57. The van der Waals surface area contributed by atoms with Gasteiger partial charge in [0.15, 0.2) is 0 Å². The topological polar surface area (TPSA) is 12.5 Å². The normalized spacial score (nSPS) is 18.4. The fourth-order valence-electron chi connectivity index (χ4n) is 3.20. The van der Waals surface area contributed by atoms with E-state index in [4.69, 9.17) is 4.74 Å². The molecule has 0 saturated heterocycles. The number of ether oxygens (including phenoxy) is 1. The summed E-state index contributed by atoms with van der Waals surface area (Å²) in [5.74, 6) is 0.997. The Morgan fingerprint density at radius 3 is 2.53 bits per heavy atom. The van der Waals surface area contributed by atoms with Crippen molar-refractivity contribution in [2.75, 3.05) is 20.2 Å². The maximum atomic E-state index is 5.36. The summed E-state index contributed by atoms with van der Waals surface area (Å²) >= 11 is 0. The first-order valence-corrected chi connectivity index (χ1v) is 7.68. The van der Waals surface area contributed by atoms with Crippen LogP contribution < -0.4 is 4.74 Å². The van der Waals surface area contributed by atoms with Crippen LogP contribution in [0.15, 0.2) is 18.2 Å². The van der Waals surface area contributed by atoms with Crippen molar-refractivity contribution in [3.05, 3.63) is 29.3 Å². The van der Waals surface area contributed by atoms with E-state index in [9.17, 15) is 0 Å². The molecule has 1 aliphatic carbocycles. The molecule has 2 heteroatoms. The van der Waals surface area contributed by atoms with Gasteiger partial charge in [0.05, 0.1) is 7.11 Å². The van der Waals surface area contributed by atoms with Crippen molar-refractivity contribution in [2.24, 2.45) is 0 Å². The van der Waals surface area contributed by atoms with Crippen LogP contribution in [0, 0.1) is 0 Å². The largest absolute Gasteiger partial charge is 0.497 e. The molecule has 19 heavy (non-hydrogen) atoms. The summed E-state index contributed by atoms with van der Waals surface area (Å²) in [7, 11) is 1.75. The van der Waals surface area contributed by atoms with Crippen molar-refractivity contribution < 1.29 is 4.74 Å². The average Bonchev–Trinajstić information content (AvgIpc) is 2.46. The molecule has 1 aromatic carbocycles. The van der Waals surface area contributed by atoms with Gasteiger partial charge in [-0.2, -0.15) is 0 Å². The highest BCUT2D eigenvalue weighted by molar-refractivity contribution is 5.37. The number of benzene rings is 1. The number of nitrogens with zero attached hydrogens (tertiary/aromatic N) is 1. The van der Waals surface area contributed by atoms with Crippen LogP contribution in [0.3, 0.4) is 0 Å². The number of aryl methyl sites for hydroxylation is 1. The lowest BCUT2D eigenvalue weighted by Gasteiger charge is -2.35. The minimum Gasteiger partial charge on any atom is -0.497 e. The molecule has 0 saturated carbocycles. The zero-order valence-electron chi connectivity index (χ0n) is 12.6. The van der Waals surface area contributed by atoms with E-state index >= 15 is 0 Å². The third kappa shape index (κ3) is 3.50. The Morgan fingerprint density at radius 2 is 1.89 bits per heavy atom. The van der Waals surface area contributed by atoms with Crippen LogP contribution in [0.4, 0.5) is 0 Å². The molecule has 2 nitrogen and oxygen atoms in total.